The van der Waals surface area contributed by atoms with E-state index in [1.54, 1.807) is 42.5 Å². The number of nitrogens with one attached hydrogen (secondary N) is 1. The Morgan fingerprint density at radius 2 is 1.64 bits per heavy atom. The highest BCUT2D eigenvalue weighted by Gasteiger charge is 2.12. The number of ether oxygens (including phenoxy) is 2. The molecule has 4 nitrogen and oxygen atoms in total. The van der Waals surface area contributed by atoms with E-state index in [0.29, 0.717) is 22.8 Å². The Morgan fingerprint density at radius 3 is 2.40 bits per heavy atom. The molecule has 6 heteroatoms. The zero-order valence-electron chi connectivity index (χ0n) is 13.7. The van der Waals surface area contributed by atoms with Crippen molar-refractivity contribution in [3.05, 3.63) is 66.2 Å². The first-order chi connectivity index (χ1) is 12.1. The van der Waals surface area contributed by atoms with E-state index < -0.39 is 11.6 Å². The molecule has 0 fully saturated rings. The fourth-order valence-electron chi connectivity index (χ4n) is 2.41. The van der Waals surface area contributed by atoms with Gasteiger partial charge < -0.3 is 14.8 Å². The van der Waals surface area contributed by atoms with Gasteiger partial charge in [0.05, 0.1) is 19.9 Å². The van der Waals surface area contributed by atoms with E-state index in [0.717, 1.165) is 0 Å². The predicted octanol–water partition coefficient (Wildman–Crippen LogP) is 4.79. The molecule has 1 heterocycles. The largest absolute Gasteiger partial charge is 0.494 e. The van der Waals surface area contributed by atoms with E-state index in [1.807, 2.05) is 0 Å². The number of hydrogen-bond acceptors (Lipinski definition) is 4. The van der Waals surface area contributed by atoms with Crippen molar-refractivity contribution in [3.63, 3.8) is 0 Å². The normalized spacial score (nSPS) is 10.4. The molecule has 0 bridgehead atoms. The van der Waals surface area contributed by atoms with Crippen LogP contribution in [0.3, 0.4) is 0 Å². The van der Waals surface area contributed by atoms with Crippen LogP contribution in [0.1, 0.15) is 0 Å². The summed E-state index contributed by atoms with van der Waals surface area (Å²) in [6.45, 7) is 0. The van der Waals surface area contributed by atoms with Gasteiger partial charge in [0.15, 0.2) is 23.1 Å². The Kier molecular flexibility index (Phi) is 4.79. The van der Waals surface area contributed by atoms with Crippen molar-refractivity contribution < 1.29 is 18.3 Å². The Hall–Kier alpha value is -3.15. The lowest BCUT2D eigenvalue weighted by molar-refractivity contribution is 0.387. The Morgan fingerprint density at radius 1 is 0.880 bits per heavy atom. The number of halogens is 2. The summed E-state index contributed by atoms with van der Waals surface area (Å²) in [4.78, 5) is 4.41. The molecule has 0 atom stereocenters. The first-order valence-electron chi connectivity index (χ1n) is 7.53. The van der Waals surface area contributed by atoms with Gasteiger partial charge >= 0.3 is 0 Å². The maximum atomic E-state index is 14.4. The third kappa shape index (κ3) is 3.52. The van der Waals surface area contributed by atoms with Gasteiger partial charge in [-0.1, -0.05) is 12.1 Å². The van der Waals surface area contributed by atoms with Crippen LogP contribution in [0.2, 0.25) is 0 Å². The van der Waals surface area contributed by atoms with Crippen molar-refractivity contribution in [2.45, 2.75) is 0 Å². The highest BCUT2D eigenvalue weighted by atomic mass is 19.1. The fraction of sp³-hybridized carbons (Fsp3) is 0.105. The summed E-state index contributed by atoms with van der Waals surface area (Å²) >= 11 is 0. The van der Waals surface area contributed by atoms with Crippen molar-refractivity contribution in [2.75, 3.05) is 19.5 Å². The molecule has 128 valence electrons. The fourth-order valence-corrected chi connectivity index (χ4v) is 2.41. The molecule has 0 aliphatic carbocycles. The van der Waals surface area contributed by atoms with E-state index in [4.69, 9.17) is 9.47 Å². The van der Waals surface area contributed by atoms with Crippen LogP contribution in [0.25, 0.3) is 11.3 Å². The second-order valence-electron chi connectivity index (χ2n) is 5.20. The van der Waals surface area contributed by atoms with E-state index in [-0.39, 0.29) is 11.5 Å². The van der Waals surface area contributed by atoms with Crippen LogP contribution >= 0.6 is 0 Å². The van der Waals surface area contributed by atoms with Gasteiger partial charge in [0.1, 0.15) is 5.82 Å². The van der Waals surface area contributed by atoms with Crippen LogP contribution in [0, 0.1) is 11.6 Å². The molecule has 0 spiro atoms. The van der Waals surface area contributed by atoms with Gasteiger partial charge in [0, 0.05) is 17.3 Å². The molecule has 2 aromatic carbocycles. The molecular weight excluding hydrogens is 326 g/mol. The van der Waals surface area contributed by atoms with Gasteiger partial charge in [-0.25, -0.2) is 13.8 Å². The van der Waals surface area contributed by atoms with Crippen LogP contribution in [-0.2, 0) is 0 Å². The molecule has 0 radical (unpaired) electrons. The van der Waals surface area contributed by atoms with Crippen molar-refractivity contribution in [1.82, 2.24) is 4.98 Å². The number of aromatic nitrogens is 1. The molecule has 0 aliphatic heterocycles. The lowest BCUT2D eigenvalue weighted by Crippen LogP contribution is -1.98. The summed E-state index contributed by atoms with van der Waals surface area (Å²) in [5.74, 6) is -0.152. The molecule has 0 aliphatic rings. The maximum absolute atomic E-state index is 14.4. The minimum Gasteiger partial charge on any atom is -0.494 e. The molecule has 25 heavy (non-hydrogen) atoms. The summed E-state index contributed by atoms with van der Waals surface area (Å²) in [5, 5.41) is 3.05. The quantitative estimate of drug-likeness (QED) is 0.724. The number of rotatable bonds is 5. The van der Waals surface area contributed by atoms with E-state index >= 15 is 0 Å². The summed E-state index contributed by atoms with van der Waals surface area (Å²) in [7, 11) is 2.81. The van der Waals surface area contributed by atoms with E-state index in [9.17, 15) is 8.78 Å². The predicted molar refractivity (Wildman–Crippen MR) is 92.4 cm³/mol. The molecule has 0 amide bonds. The summed E-state index contributed by atoms with van der Waals surface area (Å²) < 4.78 is 37.9. The zero-order valence-corrected chi connectivity index (χ0v) is 13.7. The summed E-state index contributed by atoms with van der Waals surface area (Å²) in [6, 6.07) is 14.5. The summed E-state index contributed by atoms with van der Waals surface area (Å²) in [5.41, 5.74) is 1.39. The van der Waals surface area contributed by atoms with Crippen LogP contribution in [0.5, 0.6) is 11.5 Å². The lowest BCUT2D eigenvalue weighted by atomic mass is 10.1. The van der Waals surface area contributed by atoms with Crippen LogP contribution < -0.4 is 14.8 Å². The standard InChI is InChI=1S/C19H16F2N2O2/c1-24-16-7-3-5-13(19(16)21)15-6-4-8-18(23-15)22-12-9-10-14(20)17(11-12)25-2/h3-11H,1-2H3,(H,22,23). The van der Waals surface area contributed by atoms with Gasteiger partial charge in [0.2, 0.25) is 0 Å². The minimum absolute atomic E-state index is 0.125. The zero-order chi connectivity index (χ0) is 17.8. The number of anilines is 2. The van der Waals surface area contributed by atoms with Crippen LogP contribution in [0.4, 0.5) is 20.3 Å². The van der Waals surface area contributed by atoms with Crippen molar-refractivity contribution >= 4 is 11.5 Å². The Bertz CT molecular complexity index is 900. The molecule has 1 aromatic heterocycles. The number of benzene rings is 2. The number of nitrogens with zero attached hydrogens (tertiary/aromatic N) is 1. The molecule has 1 N–H and O–H groups in total. The van der Waals surface area contributed by atoms with Crippen molar-refractivity contribution in [3.8, 4) is 22.8 Å². The van der Waals surface area contributed by atoms with Gasteiger partial charge in [-0.15, -0.1) is 0 Å². The minimum atomic E-state index is -0.474. The highest BCUT2D eigenvalue weighted by molar-refractivity contribution is 5.66. The second-order valence-corrected chi connectivity index (χ2v) is 5.20. The highest BCUT2D eigenvalue weighted by Crippen LogP contribution is 2.29. The number of hydrogen-bond donors (Lipinski definition) is 1. The summed E-state index contributed by atoms with van der Waals surface area (Å²) in [6.07, 6.45) is 0. The molecule has 0 saturated heterocycles. The topological polar surface area (TPSA) is 43.4 Å². The Labute approximate surface area is 144 Å². The van der Waals surface area contributed by atoms with Gasteiger partial charge in [-0.05, 0) is 36.4 Å². The van der Waals surface area contributed by atoms with Crippen LogP contribution in [-0.4, -0.2) is 19.2 Å². The third-order valence-electron chi connectivity index (χ3n) is 3.63. The average molecular weight is 342 g/mol. The van der Waals surface area contributed by atoms with Crippen molar-refractivity contribution in [1.29, 1.82) is 0 Å². The second kappa shape index (κ2) is 7.17. The first kappa shape index (κ1) is 16.7. The molecule has 0 unspecified atom stereocenters. The smallest absolute Gasteiger partial charge is 0.174 e. The Balaban J connectivity index is 1.92. The molecule has 3 rings (SSSR count). The van der Waals surface area contributed by atoms with Gasteiger partial charge in [0.25, 0.3) is 0 Å². The lowest BCUT2D eigenvalue weighted by Gasteiger charge is -2.11. The molecule has 0 saturated carbocycles. The molecular formula is C19H16F2N2O2. The van der Waals surface area contributed by atoms with E-state index in [2.05, 4.69) is 10.3 Å². The van der Waals surface area contributed by atoms with Crippen molar-refractivity contribution in [2.24, 2.45) is 0 Å². The number of methoxy groups -OCH3 is 2. The van der Waals surface area contributed by atoms with Crippen LogP contribution in [0.15, 0.2) is 54.6 Å². The third-order valence-corrected chi connectivity index (χ3v) is 3.63. The SMILES string of the molecule is COc1cc(Nc2cccc(-c3cccc(OC)c3F)n2)ccc1F. The molecule has 3 aromatic rings. The first-order valence-corrected chi connectivity index (χ1v) is 7.53. The number of pyridine rings is 1. The van der Waals surface area contributed by atoms with E-state index in [1.165, 1.54) is 26.4 Å². The maximum Gasteiger partial charge on any atom is 0.174 e. The van der Waals surface area contributed by atoms with Gasteiger partial charge in [-0.2, -0.15) is 0 Å². The monoisotopic (exact) mass is 342 g/mol. The van der Waals surface area contributed by atoms with Gasteiger partial charge in [-0.3, -0.25) is 0 Å². The average Bonchev–Trinajstić information content (AvgIpc) is 2.63.